The highest BCUT2D eigenvalue weighted by atomic mass is 16.5. The van der Waals surface area contributed by atoms with Crippen molar-refractivity contribution in [1.82, 2.24) is 0 Å². The first-order valence-corrected chi connectivity index (χ1v) is 5.03. The van der Waals surface area contributed by atoms with E-state index in [-0.39, 0.29) is 0 Å². The van der Waals surface area contributed by atoms with Crippen LogP contribution in [-0.4, -0.2) is 13.2 Å². The van der Waals surface area contributed by atoms with Gasteiger partial charge in [-0.3, -0.25) is 0 Å². The summed E-state index contributed by atoms with van der Waals surface area (Å²) < 4.78 is 5.54. The van der Waals surface area contributed by atoms with Crippen LogP contribution in [-0.2, 0) is 4.74 Å². The van der Waals surface area contributed by atoms with Crippen LogP contribution in [0.3, 0.4) is 0 Å². The standard InChI is InChI=1S/C10H18O/c1-2-9(1)5-7-11-8-6-10-3-4-10/h9-10H,1-8H2. The minimum atomic E-state index is 1.03. The molecule has 0 aromatic carbocycles. The van der Waals surface area contributed by atoms with Gasteiger partial charge in [0.25, 0.3) is 0 Å². The minimum absolute atomic E-state index is 1.03. The predicted octanol–water partition coefficient (Wildman–Crippen LogP) is 2.60. The summed E-state index contributed by atoms with van der Waals surface area (Å²) in [6.07, 6.45) is 8.51. The average Bonchev–Trinajstić information content (AvgIpc) is 2.83. The molecule has 0 aromatic rings. The van der Waals surface area contributed by atoms with E-state index < -0.39 is 0 Å². The van der Waals surface area contributed by atoms with Gasteiger partial charge < -0.3 is 4.74 Å². The quantitative estimate of drug-likeness (QED) is 0.534. The summed E-state index contributed by atoms with van der Waals surface area (Å²) in [5.74, 6) is 2.08. The molecule has 1 nitrogen and oxygen atoms in total. The van der Waals surface area contributed by atoms with Crippen LogP contribution >= 0.6 is 0 Å². The Morgan fingerprint density at radius 3 is 1.64 bits per heavy atom. The molecule has 0 spiro atoms. The molecule has 0 amide bonds. The summed E-state index contributed by atoms with van der Waals surface area (Å²) in [7, 11) is 0. The van der Waals surface area contributed by atoms with Crippen LogP contribution in [0.2, 0.25) is 0 Å². The van der Waals surface area contributed by atoms with E-state index in [4.69, 9.17) is 4.74 Å². The molecule has 2 saturated carbocycles. The van der Waals surface area contributed by atoms with Crippen molar-refractivity contribution in [2.24, 2.45) is 11.8 Å². The fraction of sp³-hybridized carbons (Fsp3) is 1.00. The molecule has 2 aliphatic rings. The second kappa shape index (κ2) is 3.57. The molecule has 0 unspecified atom stereocenters. The van der Waals surface area contributed by atoms with Crippen LogP contribution in [0.15, 0.2) is 0 Å². The highest BCUT2D eigenvalue weighted by molar-refractivity contribution is 4.73. The maximum Gasteiger partial charge on any atom is 0.0468 e. The van der Waals surface area contributed by atoms with E-state index in [9.17, 15) is 0 Å². The topological polar surface area (TPSA) is 9.23 Å². The zero-order valence-corrected chi connectivity index (χ0v) is 7.22. The zero-order chi connectivity index (χ0) is 7.52. The molecule has 0 aromatic heterocycles. The monoisotopic (exact) mass is 154 g/mol. The van der Waals surface area contributed by atoms with Crippen molar-refractivity contribution in [3.05, 3.63) is 0 Å². The van der Waals surface area contributed by atoms with Crippen LogP contribution in [0.25, 0.3) is 0 Å². The van der Waals surface area contributed by atoms with Crippen molar-refractivity contribution in [2.75, 3.05) is 13.2 Å². The molecule has 0 atom stereocenters. The molecule has 1 heteroatoms. The molecule has 11 heavy (non-hydrogen) atoms. The Balaban J connectivity index is 1.35. The van der Waals surface area contributed by atoms with Crippen molar-refractivity contribution in [1.29, 1.82) is 0 Å². The van der Waals surface area contributed by atoms with E-state index in [0.717, 1.165) is 25.0 Å². The molecule has 0 radical (unpaired) electrons. The third-order valence-electron chi connectivity index (χ3n) is 2.73. The number of hydrogen-bond acceptors (Lipinski definition) is 1. The van der Waals surface area contributed by atoms with Gasteiger partial charge in [-0.2, -0.15) is 0 Å². The third-order valence-corrected chi connectivity index (χ3v) is 2.73. The van der Waals surface area contributed by atoms with Crippen molar-refractivity contribution in [3.63, 3.8) is 0 Å². The Hall–Kier alpha value is -0.0400. The first kappa shape index (κ1) is 7.60. The zero-order valence-electron chi connectivity index (χ0n) is 7.22. The number of hydrogen-bond donors (Lipinski definition) is 0. The molecule has 2 fully saturated rings. The van der Waals surface area contributed by atoms with Crippen molar-refractivity contribution in [2.45, 2.75) is 38.5 Å². The summed E-state index contributed by atoms with van der Waals surface area (Å²) in [6.45, 7) is 2.05. The van der Waals surface area contributed by atoms with Crippen LogP contribution in [0.4, 0.5) is 0 Å². The molecule has 0 heterocycles. The van der Waals surface area contributed by atoms with Crippen LogP contribution in [0.1, 0.15) is 38.5 Å². The lowest BCUT2D eigenvalue weighted by Gasteiger charge is -2.01. The van der Waals surface area contributed by atoms with E-state index in [0.29, 0.717) is 0 Å². The lowest BCUT2D eigenvalue weighted by atomic mass is 10.3. The van der Waals surface area contributed by atoms with Gasteiger partial charge in [-0.1, -0.05) is 25.7 Å². The Kier molecular flexibility index (Phi) is 2.47. The Labute approximate surface area is 69.1 Å². The average molecular weight is 154 g/mol. The van der Waals surface area contributed by atoms with Crippen LogP contribution in [0, 0.1) is 11.8 Å². The fourth-order valence-electron chi connectivity index (χ4n) is 1.42. The smallest absolute Gasteiger partial charge is 0.0468 e. The lowest BCUT2D eigenvalue weighted by molar-refractivity contribution is 0.122. The molecule has 2 rings (SSSR count). The van der Waals surface area contributed by atoms with Gasteiger partial charge in [-0.15, -0.1) is 0 Å². The van der Waals surface area contributed by atoms with E-state index >= 15 is 0 Å². The van der Waals surface area contributed by atoms with E-state index in [2.05, 4.69) is 0 Å². The molecular formula is C10H18O. The summed E-state index contributed by atoms with van der Waals surface area (Å²) in [4.78, 5) is 0. The van der Waals surface area contributed by atoms with Crippen molar-refractivity contribution < 1.29 is 4.74 Å². The summed E-state index contributed by atoms with van der Waals surface area (Å²) in [6, 6.07) is 0. The molecule has 0 aliphatic heterocycles. The SMILES string of the molecule is C(CC1CC1)OCCC1CC1. The van der Waals surface area contributed by atoms with Gasteiger partial charge in [0, 0.05) is 13.2 Å². The first-order valence-electron chi connectivity index (χ1n) is 5.03. The van der Waals surface area contributed by atoms with Gasteiger partial charge >= 0.3 is 0 Å². The van der Waals surface area contributed by atoms with E-state index in [1.165, 1.54) is 38.5 Å². The Bertz CT molecular complexity index is 100. The second-order valence-electron chi connectivity index (χ2n) is 4.08. The van der Waals surface area contributed by atoms with Crippen LogP contribution in [0.5, 0.6) is 0 Å². The minimum Gasteiger partial charge on any atom is -0.381 e. The summed E-state index contributed by atoms with van der Waals surface area (Å²) in [5.41, 5.74) is 0. The number of rotatable bonds is 6. The maximum absolute atomic E-state index is 5.54. The third kappa shape index (κ3) is 3.24. The predicted molar refractivity (Wildman–Crippen MR) is 45.5 cm³/mol. The molecule has 0 N–H and O–H groups in total. The van der Waals surface area contributed by atoms with E-state index in [1.807, 2.05) is 0 Å². The maximum atomic E-state index is 5.54. The Morgan fingerprint density at radius 2 is 1.27 bits per heavy atom. The van der Waals surface area contributed by atoms with Crippen molar-refractivity contribution in [3.8, 4) is 0 Å². The van der Waals surface area contributed by atoms with Crippen LogP contribution < -0.4 is 0 Å². The molecule has 64 valence electrons. The largest absolute Gasteiger partial charge is 0.381 e. The molecular weight excluding hydrogens is 136 g/mol. The molecule has 0 saturated heterocycles. The lowest BCUT2D eigenvalue weighted by Crippen LogP contribution is -1.98. The highest BCUT2D eigenvalue weighted by Gasteiger charge is 2.22. The van der Waals surface area contributed by atoms with Crippen molar-refractivity contribution >= 4 is 0 Å². The fourth-order valence-corrected chi connectivity index (χ4v) is 1.42. The second-order valence-corrected chi connectivity index (χ2v) is 4.08. The Morgan fingerprint density at radius 1 is 0.818 bits per heavy atom. The van der Waals surface area contributed by atoms with Gasteiger partial charge in [-0.25, -0.2) is 0 Å². The normalized spacial score (nSPS) is 24.0. The van der Waals surface area contributed by atoms with Gasteiger partial charge in [0.2, 0.25) is 0 Å². The molecule has 2 aliphatic carbocycles. The first-order chi connectivity index (χ1) is 5.45. The summed E-state index contributed by atoms with van der Waals surface area (Å²) in [5, 5.41) is 0. The highest BCUT2D eigenvalue weighted by Crippen LogP contribution is 2.33. The summed E-state index contributed by atoms with van der Waals surface area (Å²) >= 11 is 0. The number of ether oxygens (including phenoxy) is 1. The molecule has 0 bridgehead atoms. The van der Waals surface area contributed by atoms with E-state index in [1.54, 1.807) is 0 Å². The van der Waals surface area contributed by atoms with Gasteiger partial charge in [0.05, 0.1) is 0 Å². The van der Waals surface area contributed by atoms with Gasteiger partial charge in [-0.05, 0) is 24.7 Å². The van der Waals surface area contributed by atoms with Gasteiger partial charge in [0.1, 0.15) is 0 Å². The van der Waals surface area contributed by atoms with Gasteiger partial charge in [0.15, 0.2) is 0 Å².